The first-order valence-corrected chi connectivity index (χ1v) is 10.5. The van der Waals surface area contributed by atoms with Crippen LogP contribution in [0.2, 0.25) is 10.0 Å². The number of ether oxygens (including phenoxy) is 2. The molecule has 0 saturated carbocycles. The van der Waals surface area contributed by atoms with Gasteiger partial charge in [-0.25, -0.2) is 0 Å². The molecule has 2 aromatic carbocycles. The van der Waals surface area contributed by atoms with Crippen LogP contribution in [0.5, 0.6) is 11.5 Å². The molecule has 1 atom stereocenters. The molecule has 0 bridgehead atoms. The highest BCUT2D eigenvalue weighted by molar-refractivity contribution is 8.00. The van der Waals surface area contributed by atoms with E-state index in [1.807, 2.05) is 10.6 Å². The second kappa shape index (κ2) is 9.59. The van der Waals surface area contributed by atoms with Gasteiger partial charge in [-0.15, -0.1) is 10.2 Å². The van der Waals surface area contributed by atoms with E-state index < -0.39 is 0 Å². The largest absolute Gasteiger partial charge is 0.496 e. The van der Waals surface area contributed by atoms with Crippen LogP contribution in [0.4, 0.5) is 0 Å². The third-order valence-electron chi connectivity index (χ3n) is 4.33. The standard InChI is InChI=1S/C20H20Cl2N4O3S/c1-11(19(27)23-2)30-20-25-24-18(14-9-12(21)5-7-16(14)28-3)26(20)13-6-8-17(29-4)15(22)10-13/h5-11H,1-4H3,(H,23,27). The molecule has 1 heterocycles. The number of nitrogens with zero attached hydrogens (tertiary/aromatic N) is 3. The summed E-state index contributed by atoms with van der Waals surface area (Å²) in [6.07, 6.45) is 0. The van der Waals surface area contributed by atoms with Crippen molar-refractivity contribution in [3.8, 4) is 28.6 Å². The molecule has 0 aliphatic heterocycles. The first-order chi connectivity index (χ1) is 14.4. The first kappa shape index (κ1) is 22.3. The van der Waals surface area contributed by atoms with Crippen molar-refractivity contribution >= 4 is 40.9 Å². The zero-order valence-electron chi connectivity index (χ0n) is 16.8. The Hall–Kier alpha value is -2.42. The van der Waals surface area contributed by atoms with Gasteiger partial charge in [-0.05, 0) is 43.3 Å². The van der Waals surface area contributed by atoms with E-state index in [0.717, 1.165) is 0 Å². The van der Waals surface area contributed by atoms with Crippen LogP contribution < -0.4 is 14.8 Å². The number of thioether (sulfide) groups is 1. The quantitative estimate of drug-likeness (QED) is 0.516. The monoisotopic (exact) mass is 466 g/mol. The Labute approximate surface area is 188 Å². The lowest BCUT2D eigenvalue weighted by molar-refractivity contribution is -0.119. The summed E-state index contributed by atoms with van der Waals surface area (Å²) in [6, 6.07) is 10.6. The van der Waals surface area contributed by atoms with E-state index in [1.54, 1.807) is 58.5 Å². The molecule has 1 amide bonds. The molecule has 158 valence electrons. The fourth-order valence-electron chi connectivity index (χ4n) is 2.82. The van der Waals surface area contributed by atoms with Crippen LogP contribution in [0.25, 0.3) is 17.1 Å². The number of methoxy groups -OCH3 is 2. The molecule has 1 N–H and O–H groups in total. The van der Waals surface area contributed by atoms with E-state index in [9.17, 15) is 4.79 Å². The lowest BCUT2D eigenvalue weighted by atomic mass is 10.2. The van der Waals surface area contributed by atoms with Crippen molar-refractivity contribution in [1.29, 1.82) is 0 Å². The summed E-state index contributed by atoms with van der Waals surface area (Å²) in [7, 11) is 4.71. The molecule has 0 fully saturated rings. The van der Waals surface area contributed by atoms with Gasteiger partial charge in [0.05, 0.1) is 35.7 Å². The van der Waals surface area contributed by atoms with Crippen molar-refractivity contribution in [3.63, 3.8) is 0 Å². The van der Waals surface area contributed by atoms with Gasteiger partial charge in [-0.2, -0.15) is 0 Å². The van der Waals surface area contributed by atoms with Gasteiger partial charge in [-0.3, -0.25) is 9.36 Å². The Bertz CT molecular complexity index is 1070. The summed E-state index contributed by atoms with van der Waals surface area (Å²) < 4.78 is 12.6. The number of carbonyl (C=O) groups is 1. The van der Waals surface area contributed by atoms with Gasteiger partial charge in [-0.1, -0.05) is 35.0 Å². The first-order valence-electron chi connectivity index (χ1n) is 8.91. The van der Waals surface area contributed by atoms with Gasteiger partial charge in [0, 0.05) is 12.1 Å². The summed E-state index contributed by atoms with van der Waals surface area (Å²) >= 11 is 13.9. The number of aromatic nitrogens is 3. The average Bonchev–Trinajstić information content (AvgIpc) is 3.16. The number of nitrogens with one attached hydrogen (secondary N) is 1. The third-order valence-corrected chi connectivity index (χ3v) is 5.90. The fourth-order valence-corrected chi connectivity index (χ4v) is 4.17. The van der Waals surface area contributed by atoms with Crippen LogP contribution >= 0.6 is 35.0 Å². The molecule has 3 rings (SSSR count). The zero-order chi connectivity index (χ0) is 21.8. The minimum Gasteiger partial charge on any atom is -0.496 e. The molecule has 3 aromatic rings. The maximum Gasteiger partial charge on any atom is 0.233 e. The van der Waals surface area contributed by atoms with Gasteiger partial charge in [0.2, 0.25) is 5.91 Å². The molecule has 1 aromatic heterocycles. The van der Waals surface area contributed by atoms with Crippen LogP contribution in [0, 0.1) is 0 Å². The number of rotatable bonds is 7. The number of amides is 1. The number of carbonyl (C=O) groups excluding carboxylic acids is 1. The van der Waals surface area contributed by atoms with Crippen LogP contribution in [-0.2, 0) is 4.79 Å². The van der Waals surface area contributed by atoms with Crippen molar-refractivity contribution in [1.82, 2.24) is 20.1 Å². The van der Waals surface area contributed by atoms with Gasteiger partial charge >= 0.3 is 0 Å². The molecule has 0 spiro atoms. The minimum absolute atomic E-state index is 0.121. The van der Waals surface area contributed by atoms with Gasteiger partial charge < -0.3 is 14.8 Å². The van der Waals surface area contributed by atoms with Crippen molar-refractivity contribution in [2.24, 2.45) is 0 Å². The maximum atomic E-state index is 12.1. The molecule has 0 aliphatic carbocycles. The van der Waals surface area contributed by atoms with Gasteiger partial charge in [0.1, 0.15) is 11.5 Å². The van der Waals surface area contributed by atoms with Crippen LogP contribution in [0.3, 0.4) is 0 Å². The Morgan fingerprint density at radius 3 is 2.43 bits per heavy atom. The maximum absolute atomic E-state index is 12.1. The predicted molar refractivity (Wildman–Crippen MR) is 119 cm³/mol. The van der Waals surface area contributed by atoms with Crippen molar-refractivity contribution in [2.75, 3.05) is 21.3 Å². The third kappa shape index (κ3) is 4.50. The van der Waals surface area contributed by atoms with Gasteiger partial charge in [0.25, 0.3) is 0 Å². The molecule has 30 heavy (non-hydrogen) atoms. The summed E-state index contributed by atoms with van der Waals surface area (Å²) in [4.78, 5) is 12.1. The molecule has 10 heteroatoms. The van der Waals surface area contributed by atoms with E-state index in [2.05, 4.69) is 15.5 Å². The lowest BCUT2D eigenvalue weighted by Crippen LogP contribution is -2.27. The highest BCUT2D eigenvalue weighted by Crippen LogP contribution is 2.37. The number of hydrogen-bond donors (Lipinski definition) is 1. The number of hydrogen-bond acceptors (Lipinski definition) is 6. The second-order valence-electron chi connectivity index (χ2n) is 6.18. The molecule has 0 aliphatic rings. The zero-order valence-corrected chi connectivity index (χ0v) is 19.1. The van der Waals surface area contributed by atoms with Crippen molar-refractivity contribution in [3.05, 3.63) is 46.4 Å². The average molecular weight is 467 g/mol. The fraction of sp³-hybridized carbons (Fsp3) is 0.250. The number of benzene rings is 2. The lowest BCUT2D eigenvalue weighted by Gasteiger charge is -2.15. The highest BCUT2D eigenvalue weighted by Gasteiger charge is 2.23. The van der Waals surface area contributed by atoms with E-state index in [0.29, 0.717) is 43.8 Å². The summed E-state index contributed by atoms with van der Waals surface area (Å²) in [5.74, 6) is 1.51. The summed E-state index contributed by atoms with van der Waals surface area (Å²) in [5, 5.41) is 12.4. The molecular formula is C20H20Cl2N4O3S. The molecular weight excluding hydrogens is 447 g/mol. The van der Waals surface area contributed by atoms with Crippen LogP contribution in [0.15, 0.2) is 41.6 Å². The van der Waals surface area contributed by atoms with Crippen LogP contribution in [-0.4, -0.2) is 47.2 Å². The smallest absolute Gasteiger partial charge is 0.233 e. The van der Waals surface area contributed by atoms with Crippen molar-refractivity contribution < 1.29 is 14.3 Å². The molecule has 7 nitrogen and oxygen atoms in total. The highest BCUT2D eigenvalue weighted by atomic mass is 35.5. The Kier molecular flexibility index (Phi) is 7.12. The van der Waals surface area contributed by atoms with E-state index in [4.69, 9.17) is 32.7 Å². The topological polar surface area (TPSA) is 78.3 Å². The second-order valence-corrected chi connectivity index (χ2v) is 8.33. The minimum atomic E-state index is -0.388. The molecule has 0 saturated heterocycles. The SMILES string of the molecule is CNC(=O)C(C)Sc1nnc(-c2cc(Cl)ccc2OC)n1-c1ccc(OC)c(Cl)c1. The van der Waals surface area contributed by atoms with E-state index in [-0.39, 0.29) is 11.2 Å². The van der Waals surface area contributed by atoms with E-state index >= 15 is 0 Å². The summed E-state index contributed by atoms with van der Waals surface area (Å²) in [6.45, 7) is 1.79. The molecule has 0 radical (unpaired) electrons. The van der Waals surface area contributed by atoms with Crippen molar-refractivity contribution in [2.45, 2.75) is 17.3 Å². The normalized spacial score (nSPS) is 11.8. The summed E-state index contributed by atoms with van der Waals surface area (Å²) in [5.41, 5.74) is 1.36. The Morgan fingerprint density at radius 2 is 1.80 bits per heavy atom. The van der Waals surface area contributed by atoms with Gasteiger partial charge in [0.15, 0.2) is 11.0 Å². The van der Waals surface area contributed by atoms with Crippen LogP contribution in [0.1, 0.15) is 6.92 Å². The van der Waals surface area contributed by atoms with E-state index in [1.165, 1.54) is 11.8 Å². The Balaban J connectivity index is 2.20. The Morgan fingerprint density at radius 1 is 1.10 bits per heavy atom. The predicted octanol–water partition coefficient (Wildman–Crippen LogP) is 4.48. The number of halogens is 2. The molecule has 1 unspecified atom stereocenters.